The maximum absolute atomic E-state index is 13.9. The van der Waals surface area contributed by atoms with Gasteiger partial charge < -0.3 is 5.11 Å². The standard InChI is InChI=1S/C22H16ClN3O2S2/c1-25-19(14-9-5-6-10-16(14)27)18(13-7-3-2-4-8-13)20(28)26-15(12-29-22(25)26)17-11-24-21(23)30-17/h2-11,15H,12H2,1H3/t15-/m1/s1. The van der Waals surface area contributed by atoms with Gasteiger partial charge in [0.25, 0.3) is 0 Å². The molecule has 2 aromatic carbocycles. The maximum Gasteiger partial charge on any atom is 0.347 e. The number of benzene rings is 2. The van der Waals surface area contributed by atoms with Crippen LogP contribution in [0.2, 0.25) is 4.47 Å². The van der Waals surface area contributed by atoms with Crippen molar-refractivity contribution < 1.29 is 9.67 Å². The van der Waals surface area contributed by atoms with E-state index < -0.39 is 0 Å². The van der Waals surface area contributed by atoms with Gasteiger partial charge in [0.2, 0.25) is 0 Å². The Bertz CT molecular complexity index is 1320. The average Bonchev–Trinajstić information content (AvgIpc) is 3.38. The normalized spacial score (nSPS) is 15.3. The molecule has 150 valence electrons. The van der Waals surface area contributed by atoms with E-state index in [1.165, 1.54) is 17.4 Å². The maximum atomic E-state index is 13.9. The van der Waals surface area contributed by atoms with Gasteiger partial charge in [0.1, 0.15) is 11.3 Å². The lowest BCUT2D eigenvalue weighted by atomic mass is 9.99. The van der Waals surface area contributed by atoms with Crippen LogP contribution in [0.5, 0.6) is 5.75 Å². The summed E-state index contributed by atoms with van der Waals surface area (Å²) in [6.45, 7) is 0. The summed E-state index contributed by atoms with van der Waals surface area (Å²) < 4.78 is 4.24. The monoisotopic (exact) mass is 453 g/mol. The molecular weight excluding hydrogens is 438 g/mol. The van der Waals surface area contributed by atoms with Crippen molar-refractivity contribution in [2.75, 3.05) is 5.75 Å². The second kappa shape index (κ2) is 7.58. The fourth-order valence-corrected chi connectivity index (χ4v) is 6.29. The van der Waals surface area contributed by atoms with Crippen molar-refractivity contribution in [3.63, 3.8) is 0 Å². The second-order valence-electron chi connectivity index (χ2n) is 6.94. The average molecular weight is 454 g/mol. The number of fused-ring (bicyclic) bond motifs is 1. The highest BCUT2D eigenvalue weighted by molar-refractivity contribution is 7.99. The largest absolute Gasteiger partial charge is 0.872 e. The third kappa shape index (κ3) is 3.05. The smallest absolute Gasteiger partial charge is 0.347 e. The molecule has 0 aliphatic carbocycles. The zero-order valence-electron chi connectivity index (χ0n) is 15.9. The van der Waals surface area contributed by atoms with Crippen LogP contribution >= 0.6 is 34.7 Å². The predicted molar refractivity (Wildman–Crippen MR) is 118 cm³/mol. The van der Waals surface area contributed by atoms with Crippen LogP contribution in [0.3, 0.4) is 0 Å². The summed E-state index contributed by atoms with van der Waals surface area (Å²) in [5, 5.41) is 13.5. The number of para-hydroxylation sites is 1. The zero-order chi connectivity index (χ0) is 20.8. The minimum Gasteiger partial charge on any atom is -0.872 e. The second-order valence-corrected chi connectivity index (χ2v) is 9.58. The van der Waals surface area contributed by atoms with Gasteiger partial charge in [-0.1, -0.05) is 71.9 Å². The van der Waals surface area contributed by atoms with Crippen LogP contribution in [0.25, 0.3) is 22.4 Å². The Hall–Kier alpha value is -2.61. The summed E-state index contributed by atoms with van der Waals surface area (Å²) in [4.78, 5) is 19.0. The number of aromatic nitrogens is 3. The molecule has 8 heteroatoms. The van der Waals surface area contributed by atoms with Crippen LogP contribution in [0, 0.1) is 0 Å². The lowest BCUT2D eigenvalue weighted by Gasteiger charge is -2.18. The first-order chi connectivity index (χ1) is 14.6. The highest BCUT2D eigenvalue weighted by atomic mass is 35.5. The first kappa shape index (κ1) is 19.4. The molecular formula is C22H16ClN3O2S2. The van der Waals surface area contributed by atoms with Crippen LogP contribution in [0.4, 0.5) is 0 Å². The first-order valence-corrected chi connectivity index (χ1v) is 11.5. The van der Waals surface area contributed by atoms with Crippen molar-refractivity contribution in [1.29, 1.82) is 0 Å². The van der Waals surface area contributed by atoms with E-state index >= 15 is 0 Å². The summed E-state index contributed by atoms with van der Waals surface area (Å²) in [5.74, 6) is 0.599. The Morgan fingerprint density at radius 3 is 2.60 bits per heavy atom. The van der Waals surface area contributed by atoms with E-state index in [9.17, 15) is 9.90 Å². The molecule has 0 bridgehead atoms. The number of hydrogen-bond donors (Lipinski definition) is 0. The Labute approximate surface area is 186 Å². The molecule has 3 heterocycles. The molecule has 0 saturated carbocycles. The Kier molecular flexibility index (Phi) is 4.89. The number of thioether (sulfide) groups is 1. The molecule has 5 rings (SSSR count). The van der Waals surface area contributed by atoms with Crippen LogP contribution in [0.15, 0.2) is 70.7 Å². The summed E-state index contributed by atoms with van der Waals surface area (Å²) in [7, 11) is 1.91. The Morgan fingerprint density at radius 2 is 1.90 bits per heavy atom. The van der Waals surface area contributed by atoms with Crippen LogP contribution in [0.1, 0.15) is 10.9 Å². The zero-order valence-corrected chi connectivity index (χ0v) is 18.3. The first-order valence-electron chi connectivity index (χ1n) is 9.30. The van der Waals surface area contributed by atoms with Gasteiger partial charge in [0, 0.05) is 11.8 Å². The third-order valence-corrected chi connectivity index (χ3v) is 7.64. The molecule has 5 nitrogen and oxygen atoms in total. The molecule has 0 N–H and O–H groups in total. The van der Waals surface area contributed by atoms with E-state index in [0.29, 0.717) is 27.0 Å². The minimum atomic E-state index is -0.146. The van der Waals surface area contributed by atoms with Crippen molar-refractivity contribution in [2.24, 2.45) is 7.05 Å². The van der Waals surface area contributed by atoms with Gasteiger partial charge in [-0.2, -0.15) is 4.57 Å². The molecule has 0 unspecified atom stereocenters. The molecule has 2 aromatic heterocycles. The molecule has 0 amide bonds. The fraction of sp³-hybridized carbons (Fsp3) is 0.136. The van der Waals surface area contributed by atoms with E-state index in [4.69, 9.17) is 11.6 Å². The third-order valence-electron chi connectivity index (χ3n) is 5.21. The van der Waals surface area contributed by atoms with Crippen LogP contribution in [-0.4, -0.2) is 15.3 Å². The van der Waals surface area contributed by atoms with E-state index in [2.05, 4.69) is 4.98 Å². The summed E-state index contributed by atoms with van der Waals surface area (Å²) in [6, 6.07) is 16.2. The molecule has 1 aliphatic heterocycles. The lowest BCUT2D eigenvalue weighted by molar-refractivity contribution is -0.704. The quantitative estimate of drug-likeness (QED) is 0.349. The molecule has 1 atom stereocenters. The van der Waals surface area contributed by atoms with Crippen LogP contribution in [-0.2, 0) is 7.05 Å². The van der Waals surface area contributed by atoms with Crippen molar-refractivity contribution in [2.45, 2.75) is 11.2 Å². The van der Waals surface area contributed by atoms with E-state index in [-0.39, 0.29) is 17.4 Å². The Morgan fingerprint density at radius 1 is 1.17 bits per heavy atom. The molecule has 0 fully saturated rings. The van der Waals surface area contributed by atoms with Gasteiger partial charge in [-0.3, -0.25) is 0 Å². The molecule has 0 radical (unpaired) electrons. The van der Waals surface area contributed by atoms with Crippen LogP contribution < -0.4 is 15.2 Å². The number of hydrogen-bond acceptors (Lipinski definition) is 5. The van der Waals surface area contributed by atoms with E-state index in [1.54, 1.807) is 30.1 Å². The van der Waals surface area contributed by atoms with Gasteiger partial charge in [-0.15, -0.1) is 11.3 Å². The minimum absolute atomic E-state index is 0.108. The highest BCUT2D eigenvalue weighted by Crippen LogP contribution is 2.40. The predicted octanol–water partition coefficient (Wildman–Crippen LogP) is 3.89. The lowest BCUT2D eigenvalue weighted by Crippen LogP contribution is -2.43. The fourth-order valence-electron chi connectivity index (χ4n) is 3.87. The van der Waals surface area contributed by atoms with Crippen molar-refractivity contribution in [1.82, 2.24) is 9.55 Å². The summed E-state index contributed by atoms with van der Waals surface area (Å²) in [6.07, 6.45) is 1.74. The van der Waals surface area contributed by atoms with Gasteiger partial charge in [-0.05, 0) is 17.3 Å². The molecule has 0 spiro atoms. The van der Waals surface area contributed by atoms with Gasteiger partial charge in [-0.25, -0.2) is 14.3 Å². The number of nitrogens with zero attached hydrogens (tertiary/aromatic N) is 3. The molecule has 4 aromatic rings. The van der Waals surface area contributed by atoms with E-state index in [0.717, 1.165) is 15.6 Å². The number of halogens is 1. The molecule has 0 saturated heterocycles. The van der Waals surface area contributed by atoms with Gasteiger partial charge in [0.05, 0.1) is 17.7 Å². The molecule has 30 heavy (non-hydrogen) atoms. The highest BCUT2D eigenvalue weighted by Gasteiger charge is 2.39. The molecule has 1 aliphatic rings. The summed E-state index contributed by atoms with van der Waals surface area (Å²) in [5.41, 5.74) is 2.34. The number of thiazole rings is 1. The Balaban J connectivity index is 1.85. The van der Waals surface area contributed by atoms with E-state index in [1.807, 2.05) is 52.6 Å². The SMILES string of the molecule is C[n+]1c(-c2ccccc2[O-])c(-c2ccccc2)c(=O)n2c1SC[C@@H]2c1cnc(Cl)s1. The van der Waals surface area contributed by atoms with Crippen molar-refractivity contribution in [3.8, 4) is 28.1 Å². The van der Waals surface area contributed by atoms with Gasteiger partial charge in [0.15, 0.2) is 10.5 Å². The van der Waals surface area contributed by atoms with Crippen molar-refractivity contribution in [3.05, 3.63) is 80.5 Å². The number of rotatable bonds is 3. The summed E-state index contributed by atoms with van der Waals surface area (Å²) >= 11 is 9.05. The van der Waals surface area contributed by atoms with Crippen molar-refractivity contribution >= 4 is 34.7 Å². The topological polar surface area (TPSA) is 61.8 Å². The van der Waals surface area contributed by atoms with Gasteiger partial charge >= 0.3 is 10.7 Å².